The van der Waals surface area contributed by atoms with Gasteiger partial charge in [0.1, 0.15) is 11.8 Å². The molecule has 2 N–H and O–H groups in total. The van der Waals surface area contributed by atoms with Crippen LogP contribution in [0.1, 0.15) is 43.3 Å². The molecule has 100 valence electrons. The zero-order valence-electron chi connectivity index (χ0n) is 10.9. The molecule has 1 amide bonds. The lowest BCUT2D eigenvalue weighted by Crippen LogP contribution is -2.45. The topological polar surface area (TPSA) is 79.5 Å². The SMILES string of the molecule is CCc1occc1C(=O)N[C@H](C(=O)O)[C@@H](C)CC. The normalized spacial score (nSPS) is 13.9. The molecule has 2 atom stereocenters. The van der Waals surface area contributed by atoms with Crippen LogP contribution in [0.15, 0.2) is 16.7 Å². The summed E-state index contributed by atoms with van der Waals surface area (Å²) in [5.41, 5.74) is 0.409. The number of aliphatic carboxylic acids is 1. The van der Waals surface area contributed by atoms with E-state index in [4.69, 9.17) is 9.52 Å². The summed E-state index contributed by atoms with van der Waals surface area (Å²) >= 11 is 0. The van der Waals surface area contributed by atoms with Crippen LogP contribution >= 0.6 is 0 Å². The minimum atomic E-state index is -1.01. The highest BCUT2D eigenvalue weighted by molar-refractivity contribution is 5.97. The Hall–Kier alpha value is -1.78. The average molecular weight is 253 g/mol. The zero-order valence-corrected chi connectivity index (χ0v) is 10.9. The van der Waals surface area contributed by atoms with Crippen molar-refractivity contribution in [3.8, 4) is 0 Å². The summed E-state index contributed by atoms with van der Waals surface area (Å²) in [7, 11) is 0. The Kier molecular flexibility index (Phi) is 4.95. The minimum absolute atomic E-state index is 0.122. The summed E-state index contributed by atoms with van der Waals surface area (Å²) in [6, 6.07) is 0.686. The van der Waals surface area contributed by atoms with Crippen molar-refractivity contribution in [3.05, 3.63) is 23.7 Å². The van der Waals surface area contributed by atoms with Crippen LogP contribution in [0.25, 0.3) is 0 Å². The van der Waals surface area contributed by atoms with E-state index in [-0.39, 0.29) is 5.92 Å². The maximum atomic E-state index is 12.0. The second kappa shape index (κ2) is 6.23. The summed E-state index contributed by atoms with van der Waals surface area (Å²) in [5, 5.41) is 11.7. The van der Waals surface area contributed by atoms with E-state index in [0.717, 1.165) is 0 Å². The van der Waals surface area contributed by atoms with Gasteiger partial charge in [-0.3, -0.25) is 4.79 Å². The van der Waals surface area contributed by atoms with Crippen molar-refractivity contribution >= 4 is 11.9 Å². The molecule has 1 aromatic heterocycles. The fourth-order valence-corrected chi connectivity index (χ4v) is 1.72. The number of hydrogen-bond donors (Lipinski definition) is 2. The van der Waals surface area contributed by atoms with E-state index < -0.39 is 17.9 Å². The van der Waals surface area contributed by atoms with Crippen LogP contribution < -0.4 is 5.32 Å². The molecule has 1 aromatic rings. The number of carbonyl (C=O) groups excluding carboxylic acids is 1. The second-order valence-corrected chi connectivity index (χ2v) is 4.29. The highest BCUT2D eigenvalue weighted by Crippen LogP contribution is 2.13. The maximum Gasteiger partial charge on any atom is 0.326 e. The Morgan fingerprint density at radius 1 is 1.44 bits per heavy atom. The number of furan rings is 1. The molecule has 0 aliphatic heterocycles. The predicted molar refractivity (Wildman–Crippen MR) is 66.4 cm³/mol. The molecule has 18 heavy (non-hydrogen) atoms. The summed E-state index contributed by atoms with van der Waals surface area (Å²) < 4.78 is 5.16. The lowest BCUT2D eigenvalue weighted by molar-refractivity contribution is -0.140. The van der Waals surface area contributed by atoms with Crippen molar-refractivity contribution in [2.45, 2.75) is 39.7 Å². The van der Waals surface area contributed by atoms with Crippen molar-refractivity contribution in [2.75, 3.05) is 0 Å². The number of rotatable bonds is 6. The molecule has 1 rings (SSSR count). The van der Waals surface area contributed by atoms with Gasteiger partial charge >= 0.3 is 5.97 Å². The molecule has 0 saturated carbocycles. The third-order valence-corrected chi connectivity index (χ3v) is 3.08. The Morgan fingerprint density at radius 3 is 2.61 bits per heavy atom. The van der Waals surface area contributed by atoms with Gasteiger partial charge in [0.05, 0.1) is 11.8 Å². The van der Waals surface area contributed by atoms with Gasteiger partial charge in [0.15, 0.2) is 0 Å². The molecule has 0 radical (unpaired) electrons. The van der Waals surface area contributed by atoms with Crippen molar-refractivity contribution in [1.29, 1.82) is 0 Å². The molecule has 5 heteroatoms. The lowest BCUT2D eigenvalue weighted by atomic mass is 9.99. The average Bonchev–Trinajstić information content (AvgIpc) is 2.82. The molecule has 1 heterocycles. The van der Waals surface area contributed by atoms with Gasteiger partial charge in [-0.05, 0) is 12.0 Å². The summed E-state index contributed by atoms with van der Waals surface area (Å²) in [6.45, 7) is 5.57. The Labute approximate surface area is 106 Å². The number of carboxylic acid groups (broad SMARTS) is 1. The molecule has 0 spiro atoms. The van der Waals surface area contributed by atoms with E-state index in [9.17, 15) is 9.59 Å². The molecule has 0 bridgehead atoms. The van der Waals surface area contributed by atoms with Gasteiger partial charge in [0, 0.05) is 6.42 Å². The largest absolute Gasteiger partial charge is 0.480 e. The third kappa shape index (κ3) is 3.12. The smallest absolute Gasteiger partial charge is 0.326 e. The van der Waals surface area contributed by atoms with Crippen molar-refractivity contribution < 1.29 is 19.1 Å². The van der Waals surface area contributed by atoms with Crippen molar-refractivity contribution in [1.82, 2.24) is 5.32 Å². The molecular weight excluding hydrogens is 234 g/mol. The first-order chi connectivity index (χ1) is 8.51. The first kappa shape index (κ1) is 14.3. The van der Waals surface area contributed by atoms with E-state index >= 15 is 0 Å². The Morgan fingerprint density at radius 2 is 2.11 bits per heavy atom. The quantitative estimate of drug-likeness (QED) is 0.813. The number of aryl methyl sites for hydroxylation is 1. The van der Waals surface area contributed by atoms with E-state index in [1.165, 1.54) is 6.26 Å². The van der Waals surface area contributed by atoms with E-state index in [0.29, 0.717) is 24.2 Å². The maximum absolute atomic E-state index is 12.0. The fourth-order valence-electron chi connectivity index (χ4n) is 1.72. The molecule has 0 unspecified atom stereocenters. The summed E-state index contributed by atoms with van der Waals surface area (Å²) in [6.07, 6.45) is 2.72. The number of hydrogen-bond acceptors (Lipinski definition) is 3. The van der Waals surface area contributed by atoms with Crippen LogP contribution in [0.5, 0.6) is 0 Å². The van der Waals surface area contributed by atoms with Crippen LogP contribution in [0, 0.1) is 5.92 Å². The molecule has 0 saturated heterocycles. The van der Waals surface area contributed by atoms with Crippen LogP contribution in [0.4, 0.5) is 0 Å². The molecular formula is C13H19NO4. The van der Waals surface area contributed by atoms with Crippen LogP contribution in [-0.4, -0.2) is 23.0 Å². The van der Waals surface area contributed by atoms with E-state index in [2.05, 4.69) is 5.32 Å². The standard InChI is InChI=1S/C13H19NO4/c1-4-8(3)11(13(16)17)14-12(15)9-6-7-18-10(9)5-2/h6-8,11H,4-5H2,1-3H3,(H,14,15)(H,16,17)/t8-,11-/m0/s1. The number of carboxylic acids is 1. The summed E-state index contributed by atoms with van der Waals surface area (Å²) in [5.74, 6) is -0.961. The van der Waals surface area contributed by atoms with Gasteiger partial charge < -0.3 is 14.8 Å². The lowest BCUT2D eigenvalue weighted by Gasteiger charge is -2.19. The van der Waals surface area contributed by atoms with Crippen LogP contribution in [0.3, 0.4) is 0 Å². The predicted octanol–water partition coefficient (Wildman–Crippen LogP) is 2.07. The van der Waals surface area contributed by atoms with Crippen LogP contribution in [0.2, 0.25) is 0 Å². The van der Waals surface area contributed by atoms with Crippen molar-refractivity contribution in [3.63, 3.8) is 0 Å². The number of carbonyl (C=O) groups is 2. The molecule has 0 fully saturated rings. The zero-order chi connectivity index (χ0) is 13.7. The number of amides is 1. The third-order valence-electron chi connectivity index (χ3n) is 3.08. The monoisotopic (exact) mass is 253 g/mol. The molecule has 0 aliphatic rings. The van der Waals surface area contributed by atoms with Gasteiger partial charge in [-0.25, -0.2) is 4.79 Å². The minimum Gasteiger partial charge on any atom is -0.480 e. The van der Waals surface area contributed by atoms with Gasteiger partial charge in [-0.2, -0.15) is 0 Å². The fraction of sp³-hybridized carbons (Fsp3) is 0.538. The Bertz CT molecular complexity index is 424. The molecule has 0 aliphatic carbocycles. The van der Waals surface area contributed by atoms with Gasteiger partial charge in [-0.1, -0.05) is 27.2 Å². The van der Waals surface area contributed by atoms with Gasteiger partial charge in [0.2, 0.25) is 0 Å². The van der Waals surface area contributed by atoms with Gasteiger partial charge in [0.25, 0.3) is 5.91 Å². The van der Waals surface area contributed by atoms with E-state index in [1.807, 2.05) is 13.8 Å². The van der Waals surface area contributed by atoms with Crippen LogP contribution in [-0.2, 0) is 11.2 Å². The first-order valence-electron chi connectivity index (χ1n) is 6.11. The first-order valence-corrected chi connectivity index (χ1v) is 6.11. The highest BCUT2D eigenvalue weighted by Gasteiger charge is 2.26. The van der Waals surface area contributed by atoms with E-state index in [1.54, 1.807) is 13.0 Å². The highest BCUT2D eigenvalue weighted by atomic mass is 16.4. The van der Waals surface area contributed by atoms with Gasteiger partial charge in [-0.15, -0.1) is 0 Å². The molecule has 0 aromatic carbocycles. The van der Waals surface area contributed by atoms with Crippen molar-refractivity contribution in [2.24, 2.45) is 5.92 Å². The Balaban J connectivity index is 2.82. The second-order valence-electron chi connectivity index (χ2n) is 4.29. The molecule has 5 nitrogen and oxygen atoms in total. The number of nitrogens with one attached hydrogen (secondary N) is 1. The summed E-state index contributed by atoms with van der Waals surface area (Å²) in [4.78, 5) is 23.1.